The van der Waals surface area contributed by atoms with Gasteiger partial charge in [0.2, 0.25) is 6.10 Å². The Hall–Kier alpha value is -1.79. The molecule has 0 radical (unpaired) electrons. The number of nitrogens with one attached hydrogen (secondary N) is 2. The fraction of sp³-hybridized carbons (Fsp3) is 0.588. The second-order valence-corrected chi connectivity index (χ2v) is 6.68. The lowest BCUT2D eigenvalue weighted by molar-refractivity contribution is -0.954. The quantitative estimate of drug-likeness (QED) is 0.795. The lowest BCUT2D eigenvalue weighted by atomic mass is 10.0. The summed E-state index contributed by atoms with van der Waals surface area (Å²) in [4.78, 5) is 13.8. The molecule has 1 atom stereocenters. The molecular formula is C17H25N2O4+. The monoisotopic (exact) mass is 321 g/mol. The largest absolute Gasteiger partial charge is 0.485 e. The number of ether oxygens (including phenoxy) is 3. The first kappa shape index (κ1) is 16.1. The first-order chi connectivity index (χ1) is 11.1. The highest BCUT2D eigenvalue weighted by atomic mass is 16.6. The third-order valence-electron chi connectivity index (χ3n) is 4.56. The molecule has 1 amide bonds. The van der Waals surface area contributed by atoms with Crippen LogP contribution in [0.2, 0.25) is 0 Å². The number of hydrogen-bond donors (Lipinski definition) is 2. The van der Waals surface area contributed by atoms with Crippen molar-refractivity contribution in [1.82, 2.24) is 5.32 Å². The molecule has 0 unspecified atom stereocenters. The van der Waals surface area contributed by atoms with Crippen LogP contribution in [0.15, 0.2) is 24.3 Å². The molecule has 1 fully saturated rings. The number of carbonyl (C=O) groups excluding carboxylic acids is 1. The van der Waals surface area contributed by atoms with E-state index in [2.05, 4.69) is 19.2 Å². The van der Waals surface area contributed by atoms with E-state index in [0.29, 0.717) is 18.0 Å². The van der Waals surface area contributed by atoms with Crippen molar-refractivity contribution in [1.29, 1.82) is 0 Å². The lowest BCUT2D eigenvalue weighted by Gasteiger charge is -2.38. The minimum atomic E-state index is -0.597. The summed E-state index contributed by atoms with van der Waals surface area (Å²) in [6, 6.07) is 7.41. The number of hydrogen-bond acceptors (Lipinski definition) is 4. The highest BCUT2D eigenvalue weighted by Gasteiger charge is 2.34. The highest BCUT2D eigenvalue weighted by Crippen LogP contribution is 2.30. The predicted molar refractivity (Wildman–Crippen MR) is 85.0 cm³/mol. The van der Waals surface area contributed by atoms with Crippen LogP contribution in [0.1, 0.15) is 13.8 Å². The predicted octanol–water partition coefficient (Wildman–Crippen LogP) is -0.364. The van der Waals surface area contributed by atoms with Crippen LogP contribution in [0.4, 0.5) is 0 Å². The van der Waals surface area contributed by atoms with Crippen LogP contribution < -0.4 is 19.7 Å². The summed E-state index contributed by atoms with van der Waals surface area (Å²) in [5.41, 5.74) is -0.0349. The maximum atomic E-state index is 12.4. The second-order valence-electron chi connectivity index (χ2n) is 6.68. The summed E-state index contributed by atoms with van der Waals surface area (Å²) in [7, 11) is 0. The fourth-order valence-corrected chi connectivity index (χ4v) is 2.99. The van der Waals surface area contributed by atoms with Gasteiger partial charge in [0.25, 0.3) is 5.91 Å². The fourth-order valence-electron chi connectivity index (χ4n) is 2.99. The number of carbonyl (C=O) groups is 1. The number of rotatable bonds is 4. The van der Waals surface area contributed by atoms with E-state index < -0.39 is 6.10 Å². The van der Waals surface area contributed by atoms with E-state index in [1.807, 2.05) is 24.3 Å². The SMILES string of the molecule is CC(C)(CNC(=O)[C@H]1COc2ccccc2O1)[NH+]1CCOCC1. The molecule has 0 aliphatic carbocycles. The van der Waals surface area contributed by atoms with Crippen molar-refractivity contribution < 1.29 is 23.9 Å². The van der Waals surface area contributed by atoms with Crippen molar-refractivity contribution in [3.63, 3.8) is 0 Å². The van der Waals surface area contributed by atoms with Crippen molar-refractivity contribution in [2.24, 2.45) is 0 Å². The number of morpholine rings is 1. The van der Waals surface area contributed by atoms with Gasteiger partial charge in [-0.05, 0) is 26.0 Å². The molecule has 1 aromatic carbocycles. The van der Waals surface area contributed by atoms with Gasteiger partial charge in [-0.25, -0.2) is 0 Å². The molecule has 2 heterocycles. The Kier molecular flexibility index (Phi) is 4.73. The first-order valence-corrected chi connectivity index (χ1v) is 8.15. The molecule has 6 nitrogen and oxygen atoms in total. The molecule has 3 rings (SSSR count). The smallest absolute Gasteiger partial charge is 0.264 e. The van der Waals surface area contributed by atoms with Gasteiger partial charge in [-0.3, -0.25) is 4.79 Å². The van der Waals surface area contributed by atoms with Crippen LogP contribution in [0, 0.1) is 0 Å². The molecule has 0 aromatic heterocycles. The molecule has 0 bridgehead atoms. The van der Waals surface area contributed by atoms with E-state index in [1.54, 1.807) is 0 Å². The topological polar surface area (TPSA) is 61.2 Å². The Morgan fingerprint density at radius 3 is 2.70 bits per heavy atom. The van der Waals surface area contributed by atoms with Gasteiger partial charge in [-0.1, -0.05) is 12.1 Å². The molecule has 1 aromatic rings. The molecule has 23 heavy (non-hydrogen) atoms. The third kappa shape index (κ3) is 3.76. The first-order valence-electron chi connectivity index (χ1n) is 8.15. The molecule has 2 N–H and O–H groups in total. The van der Waals surface area contributed by atoms with Crippen LogP contribution in [0.3, 0.4) is 0 Å². The van der Waals surface area contributed by atoms with Crippen LogP contribution >= 0.6 is 0 Å². The normalized spacial score (nSPS) is 21.7. The molecule has 2 aliphatic rings. The van der Waals surface area contributed by atoms with Gasteiger partial charge in [0.15, 0.2) is 11.5 Å². The van der Waals surface area contributed by atoms with E-state index in [0.717, 1.165) is 26.3 Å². The number of fused-ring (bicyclic) bond motifs is 1. The van der Waals surface area contributed by atoms with Crippen molar-refractivity contribution in [2.45, 2.75) is 25.5 Å². The lowest BCUT2D eigenvalue weighted by Crippen LogP contribution is -3.22. The van der Waals surface area contributed by atoms with Gasteiger partial charge in [0.1, 0.15) is 25.2 Å². The number of quaternary nitrogens is 1. The van der Waals surface area contributed by atoms with E-state index in [9.17, 15) is 4.79 Å². The van der Waals surface area contributed by atoms with Gasteiger partial charge in [0.05, 0.1) is 19.8 Å². The van der Waals surface area contributed by atoms with Crippen molar-refractivity contribution >= 4 is 5.91 Å². The number of benzene rings is 1. The number of amides is 1. The van der Waals surface area contributed by atoms with Crippen LogP contribution in [-0.2, 0) is 9.53 Å². The average molecular weight is 321 g/mol. The van der Waals surface area contributed by atoms with Crippen molar-refractivity contribution in [3.05, 3.63) is 24.3 Å². The van der Waals surface area contributed by atoms with Gasteiger partial charge in [-0.15, -0.1) is 0 Å². The van der Waals surface area contributed by atoms with Gasteiger partial charge in [-0.2, -0.15) is 0 Å². The Morgan fingerprint density at radius 1 is 1.26 bits per heavy atom. The van der Waals surface area contributed by atoms with Crippen LogP contribution in [-0.4, -0.2) is 57.0 Å². The molecule has 1 saturated heterocycles. The summed E-state index contributed by atoms with van der Waals surface area (Å²) in [6.45, 7) is 8.68. The Bertz CT molecular complexity index is 555. The molecule has 2 aliphatic heterocycles. The summed E-state index contributed by atoms with van der Waals surface area (Å²) in [5, 5.41) is 3.02. The van der Waals surface area contributed by atoms with Gasteiger partial charge >= 0.3 is 0 Å². The van der Waals surface area contributed by atoms with Crippen LogP contribution in [0.5, 0.6) is 11.5 Å². The van der Waals surface area contributed by atoms with E-state index in [-0.39, 0.29) is 18.1 Å². The summed E-state index contributed by atoms with van der Waals surface area (Å²) in [6.07, 6.45) is -0.597. The van der Waals surface area contributed by atoms with Crippen LogP contribution in [0.25, 0.3) is 0 Å². The van der Waals surface area contributed by atoms with Crippen molar-refractivity contribution in [3.8, 4) is 11.5 Å². The minimum absolute atomic E-state index is 0.0349. The van der Waals surface area contributed by atoms with Crippen molar-refractivity contribution in [2.75, 3.05) is 39.5 Å². The molecular weight excluding hydrogens is 296 g/mol. The maximum absolute atomic E-state index is 12.4. The van der Waals surface area contributed by atoms with E-state index in [4.69, 9.17) is 14.2 Å². The Labute approximate surface area is 136 Å². The van der Waals surface area contributed by atoms with Gasteiger partial charge in [0, 0.05) is 0 Å². The Balaban J connectivity index is 1.53. The molecule has 0 spiro atoms. The molecule has 6 heteroatoms. The molecule has 126 valence electrons. The third-order valence-corrected chi connectivity index (χ3v) is 4.56. The maximum Gasteiger partial charge on any atom is 0.264 e. The zero-order valence-corrected chi connectivity index (χ0v) is 13.8. The van der Waals surface area contributed by atoms with E-state index >= 15 is 0 Å². The van der Waals surface area contributed by atoms with E-state index in [1.165, 1.54) is 4.90 Å². The minimum Gasteiger partial charge on any atom is -0.485 e. The second kappa shape index (κ2) is 6.76. The zero-order chi connectivity index (χ0) is 16.3. The summed E-state index contributed by atoms with van der Waals surface area (Å²) < 4.78 is 16.7. The summed E-state index contributed by atoms with van der Waals surface area (Å²) >= 11 is 0. The summed E-state index contributed by atoms with van der Waals surface area (Å²) in [5.74, 6) is 1.19. The zero-order valence-electron chi connectivity index (χ0n) is 13.8. The Morgan fingerprint density at radius 2 is 1.96 bits per heavy atom. The highest BCUT2D eigenvalue weighted by molar-refractivity contribution is 5.81. The average Bonchev–Trinajstić information content (AvgIpc) is 2.60. The van der Waals surface area contributed by atoms with Gasteiger partial charge < -0.3 is 24.4 Å². The number of para-hydroxylation sites is 2. The standard InChI is InChI=1S/C17H24N2O4/c1-17(2,19-7-9-21-10-8-19)12-18-16(20)15-11-22-13-5-3-4-6-14(13)23-15/h3-6,15H,7-12H2,1-2H3,(H,18,20)/p+1/t15-/m1/s1. The molecule has 0 saturated carbocycles.